The van der Waals surface area contributed by atoms with Crippen molar-refractivity contribution in [3.05, 3.63) is 53.1 Å². The number of sulfonamides is 1. The molecular weight excluding hydrogens is 520 g/mol. The van der Waals surface area contributed by atoms with Crippen LogP contribution < -0.4 is 20.9 Å². The van der Waals surface area contributed by atoms with Gasteiger partial charge in [0.25, 0.3) is 0 Å². The molecule has 1 heterocycles. The molecule has 0 amide bonds. The van der Waals surface area contributed by atoms with E-state index >= 15 is 0 Å². The number of esters is 1. The van der Waals surface area contributed by atoms with E-state index in [1.54, 1.807) is 30.3 Å². The summed E-state index contributed by atoms with van der Waals surface area (Å²) in [6, 6.07) is 7.76. The smallest absolute Gasteiger partial charge is 0.343 e. The number of carboxylic acid groups (broad SMARTS) is 2. The Kier molecular flexibility index (Phi) is 8.91. The van der Waals surface area contributed by atoms with E-state index in [1.165, 1.54) is 6.07 Å². The van der Waals surface area contributed by atoms with Gasteiger partial charge in [-0.1, -0.05) is 12.1 Å². The van der Waals surface area contributed by atoms with Crippen LogP contribution in [0.1, 0.15) is 34.3 Å². The number of likely N-dealkylation sites (N-methyl/N-ethyl adjacent to an activating group) is 1. The molecule has 0 bridgehead atoms. The maximum atomic E-state index is 13.0. The second kappa shape index (κ2) is 11.9. The van der Waals surface area contributed by atoms with Crippen LogP contribution in [0.25, 0.3) is 0 Å². The summed E-state index contributed by atoms with van der Waals surface area (Å²) in [5.74, 6) is -4.03. The first-order chi connectivity index (χ1) is 17.9. The number of benzene rings is 2. The van der Waals surface area contributed by atoms with Gasteiger partial charge in [0.15, 0.2) is 17.5 Å². The first-order valence-corrected chi connectivity index (χ1v) is 13.1. The van der Waals surface area contributed by atoms with Crippen molar-refractivity contribution in [3.8, 4) is 11.5 Å². The molecule has 13 nitrogen and oxygen atoms in total. The van der Waals surface area contributed by atoms with E-state index in [1.807, 2.05) is 0 Å². The minimum atomic E-state index is -4.17. The summed E-state index contributed by atoms with van der Waals surface area (Å²) in [4.78, 5) is 39.4. The zero-order chi connectivity index (χ0) is 28.0. The molecule has 1 aliphatic rings. The van der Waals surface area contributed by atoms with Crippen molar-refractivity contribution in [3.63, 3.8) is 0 Å². The molecule has 204 valence electrons. The molecule has 2 aromatic rings. The van der Waals surface area contributed by atoms with Crippen LogP contribution in [0.5, 0.6) is 11.5 Å². The van der Waals surface area contributed by atoms with Gasteiger partial charge in [0, 0.05) is 7.05 Å². The molecule has 1 atom stereocenters. The first kappa shape index (κ1) is 28.4. The summed E-state index contributed by atoms with van der Waals surface area (Å²) in [6.07, 6.45) is -0.0317. The number of ether oxygens (including phenoxy) is 2. The van der Waals surface area contributed by atoms with E-state index in [-0.39, 0.29) is 30.5 Å². The van der Waals surface area contributed by atoms with Gasteiger partial charge in [-0.15, -0.1) is 0 Å². The second-order valence-electron chi connectivity index (χ2n) is 8.50. The van der Waals surface area contributed by atoms with Crippen molar-refractivity contribution in [2.75, 3.05) is 19.4 Å². The minimum Gasteiger partial charge on any atom is -0.489 e. The molecule has 1 aliphatic heterocycles. The van der Waals surface area contributed by atoms with Crippen LogP contribution in [0.4, 0.5) is 5.69 Å². The standard InChI is InChI=1S/C24H28N4O9S/c1-28(18(22(31)32)13-20(29)30)38(34,35)11-9-14-4-2-6-19-21(14)36-10-3-5-15-12-16(27-24(25)26)7-8-17(15)23(33)37-19/h2,4,6-8,12,18H,3,5,9-11,13H2,1H3,(H,29,30)(H,31,32)(H4,25,26,27)/t18-/m0/s1. The highest BCUT2D eigenvalue weighted by molar-refractivity contribution is 7.89. The lowest BCUT2D eigenvalue weighted by molar-refractivity contribution is -0.147. The highest BCUT2D eigenvalue weighted by Gasteiger charge is 2.33. The van der Waals surface area contributed by atoms with E-state index in [2.05, 4.69) is 4.99 Å². The monoisotopic (exact) mass is 548 g/mol. The second-order valence-corrected chi connectivity index (χ2v) is 10.6. The number of para-hydroxylation sites is 1. The third-order valence-electron chi connectivity index (χ3n) is 5.83. The lowest BCUT2D eigenvalue weighted by Crippen LogP contribution is -2.44. The van der Waals surface area contributed by atoms with Gasteiger partial charge in [-0.05, 0) is 54.7 Å². The molecule has 0 aromatic heterocycles. The van der Waals surface area contributed by atoms with Gasteiger partial charge in [-0.3, -0.25) is 9.59 Å². The molecule has 0 fully saturated rings. The molecule has 0 saturated heterocycles. The van der Waals surface area contributed by atoms with Crippen LogP contribution >= 0.6 is 0 Å². The van der Waals surface area contributed by atoms with Crippen LogP contribution in [-0.4, -0.2) is 72.3 Å². The normalized spacial score (nSPS) is 14.3. The fraction of sp³-hybridized carbons (Fsp3) is 0.333. The molecular formula is C24H28N4O9S. The number of aryl methyl sites for hydroxylation is 2. The zero-order valence-electron chi connectivity index (χ0n) is 20.5. The predicted molar refractivity (Wildman–Crippen MR) is 136 cm³/mol. The number of hydrogen-bond acceptors (Lipinski definition) is 8. The van der Waals surface area contributed by atoms with Gasteiger partial charge < -0.3 is 31.2 Å². The maximum Gasteiger partial charge on any atom is 0.343 e. The summed E-state index contributed by atoms with van der Waals surface area (Å²) < 4.78 is 37.7. The first-order valence-electron chi connectivity index (χ1n) is 11.5. The van der Waals surface area contributed by atoms with Crippen molar-refractivity contribution in [1.82, 2.24) is 4.31 Å². The van der Waals surface area contributed by atoms with Crippen molar-refractivity contribution < 1.29 is 42.5 Å². The van der Waals surface area contributed by atoms with E-state index in [0.29, 0.717) is 39.5 Å². The Hall–Kier alpha value is -4.17. The van der Waals surface area contributed by atoms with Crippen molar-refractivity contribution >= 4 is 39.6 Å². The Bertz CT molecular complexity index is 1370. The Labute approximate surface area is 218 Å². The SMILES string of the molecule is CN([C@@H](CC(=O)O)C(=O)O)S(=O)(=O)CCc1cccc2c1OCCCc1cc(N=C(N)N)ccc1C(=O)O2. The Morgan fingerprint density at radius 2 is 1.92 bits per heavy atom. The van der Waals surface area contributed by atoms with Gasteiger partial charge in [0.2, 0.25) is 10.0 Å². The molecule has 14 heteroatoms. The van der Waals surface area contributed by atoms with Crippen molar-refractivity contribution in [1.29, 1.82) is 0 Å². The number of hydrogen-bond donors (Lipinski definition) is 4. The molecule has 0 saturated carbocycles. The third-order valence-corrected chi connectivity index (χ3v) is 7.68. The Morgan fingerprint density at radius 1 is 1.18 bits per heavy atom. The minimum absolute atomic E-state index is 0.0914. The predicted octanol–water partition coefficient (Wildman–Crippen LogP) is 0.868. The number of nitrogens with two attached hydrogens (primary N) is 2. The van der Waals surface area contributed by atoms with E-state index < -0.39 is 46.1 Å². The molecule has 0 aliphatic carbocycles. The summed E-state index contributed by atoms with van der Waals surface area (Å²) in [7, 11) is -3.15. The highest BCUT2D eigenvalue weighted by atomic mass is 32.2. The van der Waals surface area contributed by atoms with E-state index in [9.17, 15) is 27.9 Å². The molecule has 38 heavy (non-hydrogen) atoms. The van der Waals surface area contributed by atoms with Crippen LogP contribution in [-0.2, 0) is 32.5 Å². The number of carboxylic acids is 2. The number of carbonyl (C=O) groups is 3. The van der Waals surface area contributed by atoms with Gasteiger partial charge in [0.05, 0.1) is 30.0 Å². The summed E-state index contributed by atoms with van der Waals surface area (Å²) in [6.45, 7) is 0.222. The number of nitrogens with zero attached hydrogens (tertiary/aromatic N) is 2. The topological polar surface area (TPSA) is 212 Å². The molecule has 3 rings (SSSR count). The number of carbonyl (C=O) groups excluding carboxylic acids is 1. The highest BCUT2D eigenvalue weighted by Crippen LogP contribution is 2.34. The average molecular weight is 549 g/mol. The maximum absolute atomic E-state index is 13.0. The largest absolute Gasteiger partial charge is 0.489 e. The quantitative estimate of drug-likeness (QED) is 0.149. The average Bonchev–Trinajstić information content (AvgIpc) is 2.83. The summed E-state index contributed by atoms with van der Waals surface area (Å²) in [5.41, 5.74) is 12.8. The fourth-order valence-corrected chi connectivity index (χ4v) is 5.23. The number of fused-ring (bicyclic) bond motifs is 2. The van der Waals surface area contributed by atoms with Gasteiger partial charge in [-0.25, -0.2) is 18.2 Å². The molecule has 0 spiro atoms. The van der Waals surface area contributed by atoms with Crippen molar-refractivity contribution in [2.45, 2.75) is 31.7 Å². The van der Waals surface area contributed by atoms with Gasteiger partial charge in [0.1, 0.15) is 6.04 Å². The molecule has 2 aromatic carbocycles. The molecule has 0 unspecified atom stereocenters. The fourth-order valence-electron chi connectivity index (χ4n) is 3.91. The molecule has 6 N–H and O–H groups in total. The molecule has 0 radical (unpaired) electrons. The summed E-state index contributed by atoms with van der Waals surface area (Å²) >= 11 is 0. The summed E-state index contributed by atoms with van der Waals surface area (Å²) in [5, 5.41) is 18.3. The zero-order valence-corrected chi connectivity index (χ0v) is 21.3. The number of rotatable bonds is 9. The van der Waals surface area contributed by atoms with Gasteiger partial charge in [-0.2, -0.15) is 4.31 Å². The number of guanidine groups is 1. The van der Waals surface area contributed by atoms with Crippen LogP contribution in [0, 0.1) is 0 Å². The van der Waals surface area contributed by atoms with E-state index in [0.717, 1.165) is 7.05 Å². The van der Waals surface area contributed by atoms with Crippen LogP contribution in [0.3, 0.4) is 0 Å². The third kappa shape index (κ3) is 6.98. The van der Waals surface area contributed by atoms with Gasteiger partial charge >= 0.3 is 17.9 Å². The van der Waals surface area contributed by atoms with Crippen molar-refractivity contribution in [2.24, 2.45) is 16.5 Å². The van der Waals surface area contributed by atoms with E-state index in [4.69, 9.17) is 26.0 Å². The lowest BCUT2D eigenvalue weighted by Gasteiger charge is -2.23. The lowest BCUT2D eigenvalue weighted by atomic mass is 10.0. The van der Waals surface area contributed by atoms with Crippen LogP contribution in [0.15, 0.2) is 41.4 Å². The Morgan fingerprint density at radius 3 is 2.58 bits per heavy atom. The number of aliphatic imine (C=N–C) groups is 1. The van der Waals surface area contributed by atoms with Crippen LogP contribution in [0.2, 0.25) is 0 Å². The Balaban J connectivity index is 1.85. The number of aliphatic carboxylic acids is 2.